The predicted molar refractivity (Wildman–Crippen MR) is 65.3 cm³/mol. The number of rotatable bonds is 4. The summed E-state index contributed by atoms with van der Waals surface area (Å²) in [6.07, 6.45) is 0. The normalized spacial score (nSPS) is 9.71. The van der Waals surface area contributed by atoms with E-state index in [-0.39, 0.29) is 12.4 Å². The Hall–Kier alpha value is -0.730. The molecule has 0 saturated carbocycles. The molecule has 1 rings (SSSR count). The fraction of sp³-hybridized carbons (Fsp3) is 0.455. The van der Waals surface area contributed by atoms with Crippen LogP contribution in [0.25, 0.3) is 0 Å². The third-order valence-corrected chi connectivity index (χ3v) is 2.04. The first kappa shape index (κ1) is 13.3. The molecule has 0 aliphatic rings. The average Bonchev–Trinajstić information content (AvgIpc) is 2.15. The Morgan fingerprint density at radius 1 is 1.29 bits per heavy atom. The summed E-state index contributed by atoms with van der Waals surface area (Å²) in [5, 5.41) is 3.32. The molecule has 14 heavy (non-hydrogen) atoms. The van der Waals surface area contributed by atoms with E-state index >= 15 is 0 Å². The molecule has 1 aromatic rings. The molecular weight excluding hydrogens is 196 g/mol. The smallest absolute Gasteiger partial charge is 0.0375 e. The van der Waals surface area contributed by atoms with Crippen molar-refractivity contribution in [2.24, 2.45) is 5.73 Å². The molecule has 0 aliphatic carbocycles. The molecule has 0 aliphatic heterocycles. The number of para-hydroxylation sites is 1. The highest BCUT2D eigenvalue weighted by Gasteiger charge is 2.03. The van der Waals surface area contributed by atoms with Crippen molar-refractivity contribution in [2.45, 2.75) is 19.8 Å². The lowest BCUT2D eigenvalue weighted by molar-refractivity contribution is 0.864. The lowest BCUT2D eigenvalue weighted by atomic mass is 10.0. The summed E-state index contributed by atoms with van der Waals surface area (Å²) in [5.41, 5.74) is 8.01. The number of hydrogen-bond acceptors (Lipinski definition) is 2. The number of benzene rings is 1. The first-order chi connectivity index (χ1) is 6.25. The molecule has 0 aromatic heterocycles. The maximum atomic E-state index is 5.44. The van der Waals surface area contributed by atoms with Crippen molar-refractivity contribution in [3.05, 3.63) is 29.8 Å². The minimum Gasteiger partial charge on any atom is -0.384 e. The quantitative estimate of drug-likeness (QED) is 0.809. The maximum Gasteiger partial charge on any atom is 0.0375 e. The predicted octanol–water partition coefficient (Wildman–Crippen LogP) is 2.60. The molecule has 0 unspecified atom stereocenters. The van der Waals surface area contributed by atoms with Crippen LogP contribution in [0.15, 0.2) is 24.3 Å². The molecule has 0 saturated heterocycles. The molecule has 1 aromatic carbocycles. The van der Waals surface area contributed by atoms with E-state index in [9.17, 15) is 0 Å². The third kappa shape index (κ3) is 3.56. The number of nitrogens with one attached hydrogen (secondary N) is 1. The maximum absolute atomic E-state index is 5.44. The molecular formula is C11H19ClN2. The van der Waals surface area contributed by atoms with Gasteiger partial charge >= 0.3 is 0 Å². The summed E-state index contributed by atoms with van der Waals surface area (Å²) in [6.45, 7) is 5.90. The van der Waals surface area contributed by atoms with Crippen molar-refractivity contribution < 1.29 is 0 Å². The highest BCUT2D eigenvalue weighted by Crippen LogP contribution is 2.23. The van der Waals surface area contributed by atoms with E-state index in [0.29, 0.717) is 12.5 Å². The molecule has 0 fully saturated rings. The van der Waals surface area contributed by atoms with Crippen molar-refractivity contribution in [1.29, 1.82) is 0 Å². The molecule has 0 radical (unpaired) electrons. The van der Waals surface area contributed by atoms with E-state index < -0.39 is 0 Å². The third-order valence-electron chi connectivity index (χ3n) is 2.04. The molecule has 3 N–H and O–H groups in total. The van der Waals surface area contributed by atoms with Crippen LogP contribution in [0.2, 0.25) is 0 Å². The van der Waals surface area contributed by atoms with E-state index in [1.54, 1.807) is 0 Å². The van der Waals surface area contributed by atoms with E-state index in [1.807, 2.05) is 6.07 Å². The minimum atomic E-state index is 0. The van der Waals surface area contributed by atoms with E-state index in [4.69, 9.17) is 5.73 Å². The van der Waals surface area contributed by atoms with Crippen molar-refractivity contribution >= 4 is 18.1 Å². The summed E-state index contributed by atoms with van der Waals surface area (Å²) in [7, 11) is 0. The monoisotopic (exact) mass is 214 g/mol. The Bertz CT molecular complexity index is 261. The number of anilines is 1. The summed E-state index contributed by atoms with van der Waals surface area (Å²) < 4.78 is 0. The number of nitrogens with two attached hydrogens (primary N) is 1. The van der Waals surface area contributed by atoms with Crippen LogP contribution in [0, 0.1) is 0 Å². The highest BCUT2D eigenvalue weighted by atomic mass is 35.5. The van der Waals surface area contributed by atoms with Crippen LogP contribution in [-0.2, 0) is 0 Å². The summed E-state index contributed by atoms with van der Waals surface area (Å²) >= 11 is 0. The zero-order valence-corrected chi connectivity index (χ0v) is 9.60. The Balaban J connectivity index is 0.00000169. The fourth-order valence-electron chi connectivity index (χ4n) is 1.37. The van der Waals surface area contributed by atoms with Crippen LogP contribution < -0.4 is 11.1 Å². The van der Waals surface area contributed by atoms with Crippen LogP contribution in [0.3, 0.4) is 0 Å². The summed E-state index contributed by atoms with van der Waals surface area (Å²) in [6, 6.07) is 8.38. The van der Waals surface area contributed by atoms with Crippen LogP contribution in [-0.4, -0.2) is 13.1 Å². The largest absolute Gasteiger partial charge is 0.384 e. The molecule has 0 bridgehead atoms. The van der Waals surface area contributed by atoms with Gasteiger partial charge in [-0.1, -0.05) is 32.0 Å². The van der Waals surface area contributed by atoms with Gasteiger partial charge in [0.15, 0.2) is 0 Å². The molecule has 80 valence electrons. The van der Waals surface area contributed by atoms with E-state index in [0.717, 1.165) is 6.54 Å². The molecule has 3 heteroatoms. The van der Waals surface area contributed by atoms with Gasteiger partial charge in [0, 0.05) is 18.8 Å². The summed E-state index contributed by atoms with van der Waals surface area (Å²) in [4.78, 5) is 0. The highest BCUT2D eigenvalue weighted by molar-refractivity contribution is 5.85. The van der Waals surface area contributed by atoms with Crippen LogP contribution in [0.1, 0.15) is 25.3 Å². The molecule has 0 spiro atoms. The van der Waals surface area contributed by atoms with Gasteiger partial charge in [-0.2, -0.15) is 0 Å². The van der Waals surface area contributed by atoms with Crippen LogP contribution in [0.5, 0.6) is 0 Å². The first-order valence-electron chi connectivity index (χ1n) is 4.78. The number of halogens is 1. The van der Waals surface area contributed by atoms with Gasteiger partial charge in [0.1, 0.15) is 0 Å². The molecule has 2 nitrogen and oxygen atoms in total. The average molecular weight is 215 g/mol. The van der Waals surface area contributed by atoms with Gasteiger partial charge in [-0.3, -0.25) is 0 Å². The second-order valence-electron chi connectivity index (χ2n) is 3.46. The van der Waals surface area contributed by atoms with Gasteiger partial charge < -0.3 is 11.1 Å². The van der Waals surface area contributed by atoms with Crippen molar-refractivity contribution in [3.63, 3.8) is 0 Å². The second kappa shape index (κ2) is 6.68. The molecule has 0 heterocycles. The zero-order chi connectivity index (χ0) is 9.68. The fourth-order valence-corrected chi connectivity index (χ4v) is 1.37. The SMILES string of the molecule is CC(C)c1ccccc1NCCN.Cl. The Morgan fingerprint density at radius 2 is 1.93 bits per heavy atom. The molecule has 0 amide bonds. The van der Waals surface area contributed by atoms with Crippen molar-refractivity contribution in [3.8, 4) is 0 Å². The lowest BCUT2D eigenvalue weighted by Gasteiger charge is -2.13. The number of hydrogen-bond donors (Lipinski definition) is 2. The zero-order valence-electron chi connectivity index (χ0n) is 8.79. The van der Waals surface area contributed by atoms with Gasteiger partial charge in [0.25, 0.3) is 0 Å². The van der Waals surface area contributed by atoms with Gasteiger partial charge in [-0.15, -0.1) is 12.4 Å². The van der Waals surface area contributed by atoms with Gasteiger partial charge in [-0.25, -0.2) is 0 Å². The first-order valence-corrected chi connectivity index (χ1v) is 4.78. The summed E-state index contributed by atoms with van der Waals surface area (Å²) in [5.74, 6) is 0.557. The second-order valence-corrected chi connectivity index (χ2v) is 3.46. The van der Waals surface area contributed by atoms with Crippen molar-refractivity contribution in [2.75, 3.05) is 18.4 Å². The van der Waals surface area contributed by atoms with Crippen molar-refractivity contribution in [1.82, 2.24) is 0 Å². The van der Waals surface area contributed by atoms with E-state index in [1.165, 1.54) is 11.3 Å². The Labute approximate surface area is 92.3 Å². The van der Waals surface area contributed by atoms with E-state index in [2.05, 4.69) is 37.4 Å². The Morgan fingerprint density at radius 3 is 2.50 bits per heavy atom. The minimum absolute atomic E-state index is 0. The molecule has 0 atom stereocenters. The van der Waals surface area contributed by atoms with Gasteiger partial charge in [-0.05, 0) is 17.5 Å². The lowest BCUT2D eigenvalue weighted by Crippen LogP contribution is -2.14. The topological polar surface area (TPSA) is 38.0 Å². The standard InChI is InChI=1S/C11H18N2.ClH/c1-9(2)10-5-3-4-6-11(10)13-8-7-12;/h3-6,9,13H,7-8,12H2,1-2H3;1H. The van der Waals surface area contributed by atoms with Gasteiger partial charge in [0.05, 0.1) is 0 Å². The Kier molecular flexibility index (Phi) is 6.34. The van der Waals surface area contributed by atoms with Gasteiger partial charge in [0.2, 0.25) is 0 Å². The van der Waals surface area contributed by atoms with Crippen LogP contribution >= 0.6 is 12.4 Å². The van der Waals surface area contributed by atoms with Crippen LogP contribution in [0.4, 0.5) is 5.69 Å².